The van der Waals surface area contributed by atoms with Crippen LogP contribution in [0.5, 0.6) is 5.75 Å². The third kappa shape index (κ3) is 4.65. The maximum Gasteiger partial charge on any atom is 0.246 e. The minimum atomic E-state index is -3.91. The molecule has 1 aliphatic heterocycles. The van der Waals surface area contributed by atoms with Gasteiger partial charge in [-0.15, -0.1) is 0 Å². The molecule has 6 nitrogen and oxygen atoms in total. The van der Waals surface area contributed by atoms with E-state index in [4.69, 9.17) is 21.1 Å². The summed E-state index contributed by atoms with van der Waals surface area (Å²) in [6, 6.07) is 13.1. The Labute approximate surface area is 194 Å². The molecule has 1 heterocycles. The van der Waals surface area contributed by atoms with Crippen LogP contribution in [-0.4, -0.2) is 38.4 Å². The number of amides is 1. The van der Waals surface area contributed by atoms with E-state index in [-0.39, 0.29) is 23.8 Å². The smallest absolute Gasteiger partial charge is 0.246 e. The molecular weight excluding hydrogens is 450 g/mol. The number of benzene rings is 2. The maximum atomic E-state index is 13.6. The van der Waals surface area contributed by atoms with Gasteiger partial charge in [0.05, 0.1) is 16.7 Å². The van der Waals surface area contributed by atoms with E-state index in [1.54, 1.807) is 18.2 Å². The van der Waals surface area contributed by atoms with Crippen molar-refractivity contribution in [2.75, 3.05) is 18.5 Å². The van der Waals surface area contributed by atoms with Gasteiger partial charge in [-0.1, -0.05) is 36.6 Å². The third-order valence-corrected chi connectivity index (χ3v) is 9.06. The first-order chi connectivity index (χ1) is 15.4. The molecular formula is C24H28ClNO5S. The van der Waals surface area contributed by atoms with E-state index >= 15 is 0 Å². The minimum Gasteiger partial charge on any atom is -0.489 e. The first-order valence-corrected chi connectivity index (χ1v) is 12.9. The highest BCUT2D eigenvalue weighted by Gasteiger charge is 2.53. The number of halogens is 1. The Morgan fingerprint density at radius 2 is 1.78 bits per heavy atom. The second kappa shape index (κ2) is 9.81. The van der Waals surface area contributed by atoms with E-state index in [2.05, 4.69) is 5.32 Å². The summed E-state index contributed by atoms with van der Waals surface area (Å²) in [7, 11) is -3.91. The van der Waals surface area contributed by atoms with E-state index in [1.165, 1.54) is 24.3 Å². The molecule has 0 aromatic heterocycles. The molecule has 2 aromatic carbocycles. The highest BCUT2D eigenvalue weighted by atomic mass is 35.5. The molecule has 1 saturated heterocycles. The van der Waals surface area contributed by atoms with Crippen molar-refractivity contribution in [3.63, 3.8) is 0 Å². The van der Waals surface area contributed by atoms with Crippen LogP contribution in [0.25, 0.3) is 0 Å². The summed E-state index contributed by atoms with van der Waals surface area (Å²) < 4.78 is 37.3. The van der Waals surface area contributed by atoms with Gasteiger partial charge in [-0.2, -0.15) is 0 Å². The Balaban J connectivity index is 1.56. The summed E-state index contributed by atoms with van der Waals surface area (Å²) >= 11 is 5.93. The van der Waals surface area contributed by atoms with Gasteiger partial charge in [0, 0.05) is 11.6 Å². The monoisotopic (exact) mass is 477 g/mol. The predicted octanol–water partition coefficient (Wildman–Crippen LogP) is 5.01. The van der Waals surface area contributed by atoms with Crippen molar-refractivity contribution in [3.8, 4) is 5.75 Å². The Morgan fingerprint density at radius 3 is 2.47 bits per heavy atom. The number of carbonyl (C=O) groups is 1. The Kier molecular flexibility index (Phi) is 7.08. The number of rotatable bonds is 7. The molecule has 8 heteroatoms. The Bertz CT molecular complexity index is 1040. The first-order valence-electron chi connectivity index (χ1n) is 11.1. The van der Waals surface area contributed by atoms with E-state index in [9.17, 15) is 13.2 Å². The average molecular weight is 478 g/mol. The van der Waals surface area contributed by atoms with Crippen molar-refractivity contribution in [2.24, 2.45) is 0 Å². The Hall–Kier alpha value is -2.09. The van der Waals surface area contributed by atoms with Gasteiger partial charge in [0.2, 0.25) is 5.91 Å². The number of hydrogen-bond donors (Lipinski definition) is 1. The topological polar surface area (TPSA) is 81.7 Å². The second-order valence-corrected chi connectivity index (χ2v) is 11.1. The molecule has 1 amide bonds. The van der Waals surface area contributed by atoms with Crippen molar-refractivity contribution in [1.29, 1.82) is 0 Å². The molecule has 0 spiro atoms. The van der Waals surface area contributed by atoms with Crippen LogP contribution in [0, 0.1) is 0 Å². The molecule has 172 valence electrons. The molecule has 2 aliphatic rings. The van der Waals surface area contributed by atoms with Crippen molar-refractivity contribution < 1.29 is 22.7 Å². The Morgan fingerprint density at radius 1 is 1.06 bits per heavy atom. The van der Waals surface area contributed by atoms with Crippen LogP contribution in [0.2, 0.25) is 5.02 Å². The highest BCUT2D eigenvalue weighted by molar-refractivity contribution is 7.93. The second-order valence-electron chi connectivity index (χ2n) is 8.41. The van der Waals surface area contributed by atoms with Gasteiger partial charge >= 0.3 is 0 Å². The first kappa shape index (κ1) is 23.1. The number of sulfone groups is 1. The van der Waals surface area contributed by atoms with E-state index in [0.717, 1.165) is 25.9 Å². The summed E-state index contributed by atoms with van der Waals surface area (Å²) in [5.74, 6) is -0.0121. The van der Waals surface area contributed by atoms with Crippen LogP contribution < -0.4 is 10.1 Å². The average Bonchev–Trinajstić information content (AvgIpc) is 3.32. The zero-order valence-electron chi connectivity index (χ0n) is 17.9. The quantitative estimate of drug-likeness (QED) is 0.606. The van der Waals surface area contributed by atoms with Crippen molar-refractivity contribution >= 4 is 33.0 Å². The van der Waals surface area contributed by atoms with Gasteiger partial charge in [0.25, 0.3) is 0 Å². The van der Waals surface area contributed by atoms with E-state index in [1.807, 2.05) is 6.07 Å². The number of para-hydroxylation sites is 2. The largest absolute Gasteiger partial charge is 0.489 e. The molecule has 2 fully saturated rings. The summed E-state index contributed by atoms with van der Waals surface area (Å²) in [5.41, 5.74) is 0.464. The highest BCUT2D eigenvalue weighted by Crippen LogP contribution is 2.42. The molecule has 1 saturated carbocycles. The van der Waals surface area contributed by atoms with Gasteiger partial charge in [-0.05, 0) is 68.5 Å². The predicted molar refractivity (Wildman–Crippen MR) is 124 cm³/mol. The number of hydrogen-bond acceptors (Lipinski definition) is 5. The molecule has 1 atom stereocenters. The fourth-order valence-corrected chi connectivity index (χ4v) is 6.65. The van der Waals surface area contributed by atoms with Gasteiger partial charge < -0.3 is 14.8 Å². The van der Waals surface area contributed by atoms with Crippen LogP contribution in [-0.2, 0) is 19.4 Å². The zero-order valence-corrected chi connectivity index (χ0v) is 19.5. The lowest BCUT2D eigenvalue weighted by Gasteiger charge is -2.28. The minimum absolute atomic E-state index is 0.0268. The fourth-order valence-electron chi connectivity index (χ4n) is 4.46. The van der Waals surface area contributed by atoms with Gasteiger partial charge in [-0.25, -0.2) is 8.42 Å². The van der Waals surface area contributed by atoms with E-state index in [0.29, 0.717) is 35.9 Å². The lowest BCUT2D eigenvalue weighted by Crippen LogP contribution is -2.47. The summed E-state index contributed by atoms with van der Waals surface area (Å²) in [6.07, 6.45) is 5.06. The molecule has 4 rings (SSSR count). The number of nitrogens with one attached hydrogen (secondary N) is 1. The number of carbonyl (C=O) groups excluding carboxylic acids is 1. The molecule has 1 unspecified atom stereocenters. The summed E-state index contributed by atoms with van der Waals surface area (Å²) in [6.45, 7) is 1.12. The van der Waals surface area contributed by atoms with Crippen LogP contribution in [0.3, 0.4) is 0 Å². The third-order valence-electron chi connectivity index (χ3n) is 6.30. The van der Waals surface area contributed by atoms with Crippen molar-refractivity contribution in [3.05, 3.63) is 53.6 Å². The van der Waals surface area contributed by atoms with Crippen LogP contribution >= 0.6 is 11.6 Å². The molecule has 32 heavy (non-hydrogen) atoms. The summed E-state index contributed by atoms with van der Waals surface area (Å²) in [5, 5.41) is 3.30. The molecule has 1 N–H and O–H groups in total. The maximum absolute atomic E-state index is 13.6. The van der Waals surface area contributed by atoms with Gasteiger partial charge in [0.15, 0.2) is 14.6 Å². The normalized spacial score (nSPS) is 20.6. The van der Waals surface area contributed by atoms with Crippen molar-refractivity contribution in [2.45, 2.75) is 60.7 Å². The van der Waals surface area contributed by atoms with Crippen LogP contribution in [0.1, 0.15) is 44.9 Å². The standard InChI is InChI=1S/C24H28ClNO5S/c25-18-10-12-20(13-11-18)32(28,29)24(14-4-5-15-24)23(27)26-21-8-1-2-9-22(21)31-17-19-7-3-6-16-30-19/h1-2,8-13,19H,3-7,14-17H2,(H,26,27). The van der Waals surface area contributed by atoms with Gasteiger partial charge in [0.1, 0.15) is 12.4 Å². The van der Waals surface area contributed by atoms with E-state index < -0.39 is 20.5 Å². The van der Waals surface area contributed by atoms with Crippen LogP contribution in [0.15, 0.2) is 53.4 Å². The SMILES string of the molecule is O=C(Nc1ccccc1OCC1CCCCO1)C1(S(=O)(=O)c2ccc(Cl)cc2)CCCC1. The summed E-state index contributed by atoms with van der Waals surface area (Å²) in [4.78, 5) is 13.6. The molecule has 2 aromatic rings. The van der Waals surface area contributed by atoms with Gasteiger partial charge in [-0.3, -0.25) is 4.79 Å². The lowest BCUT2D eigenvalue weighted by molar-refractivity contribution is -0.118. The number of anilines is 1. The van der Waals surface area contributed by atoms with Crippen LogP contribution in [0.4, 0.5) is 5.69 Å². The fraction of sp³-hybridized carbons (Fsp3) is 0.458. The zero-order chi connectivity index (χ0) is 22.6. The van der Waals surface area contributed by atoms with Crippen molar-refractivity contribution in [1.82, 2.24) is 0 Å². The molecule has 0 radical (unpaired) electrons. The number of ether oxygens (including phenoxy) is 2. The lowest BCUT2D eigenvalue weighted by atomic mass is 10.1. The molecule has 1 aliphatic carbocycles. The molecule has 0 bridgehead atoms.